The second-order valence-electron chi connectivity index (χ2n) is 9.06. The standard InChI is InChI=1S/C25H39N3O4/c1-18(2)17-22(24(29)27-26-19(3)4)21(14-10-13-20-11-6-5-7-12-20)25(30)28-32-23-15-8-9-16-31-23/h5-7,10-13,18-19,21-23,26H,8-9,14-17H2,1-4H3,(H,27,29)(H,28,30)/b13-10+/t21-,22-,23?/m1/s1. The van der Waals surface area contributed by atoms with Crippen LogP contribution in [-0.4, -0.2) is 30.8 Å². The highest BCUT2D eigenvalue weighted by atomic mass is 16.8. The molecule has 1 aromatic carbocycles. The lowest BCUT2D eigenvalue weighted by Crippen LogP contribution is -2.49. The number of hydrogen-bond acceptors (Lipinski definition) is 5. The van der Waals surface area contributed by atoms with Crippen LogP contribution >= 0.6 is 0 Å². The van der Waals surface area contributed by atoms with Crippen molar-refractivity contribution < 1.29 is 19.2 Å². The van der Waals surface area contributed by atoms with Gasteiger partial charge in [-0.3, -0.25) is 15.0 Å². The number of carbonyl (C=O) groups excluding carboxylic acids is 2. The number of benzene rings is 1. The number of ether oxygens (including phenoxy) is 1. The topological polar surface area (TPSA) is 88.7 Å². The van der Waals surface area contributed by atoms with Gasteiger partial charge in [0.1, 0.15) is 0 Å². The van der Waals surface area contributed by atoms with Crippen LogP contribution in [0.2, 0.25) is 0 Å². The Morgan fingerprint density at radius 1 is 1.09 bits per heavy atom. The first-order valence-electron chi connectivity index (χ1n) is 11.7. The lowest BCUT2D eigenvalue weighted by molar-refractivity contribution is -0.203. The number of allylic oxidation sites excluding steroid dienone is 1. The number of amides is 2. The molecule has 1 aliphatic heterocycles. The van der Waals surface area contributed by atoms with E-state index >= 15 is 0 Å². The van der Waals surface area contributed by atoms with Gasteiger partial charge in [-0.05, 0) is 51.0 Å². The second kappa shape index (κ2) is 14.0. The Labute approximate surface area is 192 Å². The van der Waals surface area contributed by atoms with Crippen LogP contribution in [0.15, 0.2) is 36.4 Å². The molecule has 0 aliphatic carbocycles. The predicted molar refractivity (Wildman–Crippen MR) is 126 cm³/mol. The van der Waals surface area contributed by atoms with E-state index in [1.165, 1.54) is 0 Å². The third-order valence-corrected chi connectivity index (χ3v) is 5.30. The molecule has 0 radical (unpaired) electrons. The molecule has 7 heteroatoms. The molecule has 0 spiro atoms. The highest BCUT2D eigenvalue weighted by molar-refractivity contribution is 5.87. The molecule has 3 N–H and O–H groups in total. The van der Waals surface area contributed by atoms with E-state index in [0.717, 1.165) is 24.8 Å². The monoisotopic (exact) mass is 445 g/mol. The van der Waals surface area contributed by atoms with E-state index in [0.29, 0.717) is 19.4 Å². The number of hydrazine groups is 1. The van der Waals surface area contributed by atoms with Gasteiger partial charge >= 0.3 is 0 Å². The maximum Gasteiger partial charge on any atom is 0.247 e. The smallest absolute Gasteiger partial charge is 0.247 e. The van der Waals surface area contributed by atoms with E-state index in [2.05, 4.69) is 30.2 Å². The summed E-state index contributed by atoms with van der Waals surface area (Å²) in [5, 5.41) is 0. The predicted octanol–water partition coefficient (Wildman–Crippen LogP) is 3.97. The summed E-state index contributed by atoms with van der Waals surface area (Å²) in [6, 6.07) is 9.99. The van der Waals surface area contributed by atoms with Crippen LogP contribution in [0, 0.1) is 17.8 Å². The van der Waals surface area contributed by atoms with E-state index in [4.69, 9.17) is 9.57 Å². The fraction of sp³-hybridized carbons (Fsp3) is 0.600. The summed E-state index contributed by atoms with van der Waals surface area (Å²) in [6.07, 6.45) is 7.24. The number of hydroxylamine groups is 1. The van der Waals surface area contributed by atoms with Crippen molar-refractivity contribution in [2.45, 2.75) is 72.1 Å². The van der Waals surface area contributed by atoms with E-state index < -0.39 is 18.1 Å². The first kappa shape index (κ1) is 26.0. The maximum absolute atomic E-state index is 13.2. The Bertz CT molecular complexity index is 715. The van der Waals surface area contributed by atoms with E-state index in [-0.39, 0.29) is 23.8 Å². The van der Waals surface area contributed by atoms with E-state index in [1.54, 1.807) is 0 Å². The van der Waals surface area contributed by atoms with Gasteiger partial charge < -0.3 is 4.74 Å². The third kappa shape index (κ3) is 9.51. The van der Waals surface area contributed by atoms with Gasteiger partial charge in [-0.2, -0.15) is 0 Å². The first-order chi connectivity index (χ1) is 15.4. The fourth-order valence-electron chi connectivity index (χ4n) is 3.64. The molecule has 3 atom stereocenters. The number of rotatable bonds is 12. The lowest BCUT2D eigenvalue weighted by atomic mass is 9.82. The number of nitrogens with one attached hydrogen (secondary N) is 3. The zero-order chi connectivity index (χ0) is 23.3. The molecule has 7 nitrogen and oxygen atoms in total. The summed E-state index contributed by atoms with van der Waals surface area (Å²) in [5.41, 5.74) is 9.36. The molecule has 1 aromatic rings. The van der Waals surface area contributed by atoms with Crippen LogP contribution in [0.3, 0.4) is 0 Å². The molecule has 0 saturated carbocycles. The zero-order valence-corrected chi connectivity index (χ0v) is 19.8. The highest BCUT2D eigenvalue weighted by Crippen LogP contribution is 2.26. The molecule has 1 saturated heterocycles. The average molecular weight is 446 g/mol. The highest BCUT2D eigenvalue weighted by Gasteiger charge is 2.34. The molecule has 32 heavy (non-hydrogen) atoms. The quantitative estimate of drug-likeness (QED) is 0.424. The first-order valence-corrected chi connectivity index (χ1v) is 11.7. The van der Waals surface area contributed by atoms with Gasteiger partial charge in [0.05, 0.1) is 11.8 Å². The fourth-order valence-corrected chi connectivity index (χ4v) is 3.64. The molecular weight excluding hydrogens is 406 g/mol. The summed E-state index contributed by atoms with van der Waals surface area (Å²) >= 11 is 0. The Morgan fingerprint density at radius 3 is 2.47 bits per heavy atom. The van der Waals surface area contributed by atoms with Gasteiger partial charge in [-0.15, -0.1) is 0 Å². The van der Waals surface area contributed by atoms with Crippen molar-refractivity contribution in [3.05, 3.63) is 42.0 Å². The number of hydrogen-bond donors (Lipinski definition) is 3. The van der Waals surface area contributed by atoms with Gasteiger partial charge in [0.15, 0.2) is 6.29 Å². The Balaban J connectivity index is 2.14. The van der Waals surface area contributed by atoms with Crippen molar-refractivity contribution in [3.63, 3.8) is 0 Å². The van der Waals surface area contributed by atoms with Gasteiger partial charge in [-0.1, -0.05) is 56.3 Å². The third-order valence-electron chi connectivity index (χ3n) is 5.30. The Kier molecular flexibility index (Phi) is 11.4. The van der Waals surface area contributed by atoms with Crippen LogP contribution in [0.1, 0.15) is 65.4 Å². The zero-order valence-electron chi connectivity index (χ0n) is 19.8. The van der Waals surface area contributed by atoms with Crippen molar-refractivity contribution >= 4 is 17.9 Å². The molecule has 1 unspecified atom stereocenters. The van der Waals surface area contributed by atoms with E-state index in [1.807, 2.05) is 56.3 Å². The van der Waals surface area contributed by atoms with Gasteiger partial charge in [0.25, 0.3) is 0 Å². The Hall–Kier alpha value is -2.22. The van der Waals surface area contributed by atoms with Crippen LogP contribution in [0.4, 0.5) is 0 Å². The minimum Gasteiger partial charge on any atom is -0.350 e. The minimum atomic E-state index is -0.574. The summed E-state index contributed by atoms with van der Waals surface area (Å²) in [5.74, 6) is -1.31. The molecular formula is C25H39N3O4. The Morgan fingerprint density at radius 2 is 1.84 bits per heavy atom. The normalized spacial score (nSPS) is 18.6. The molecule has 1 heterocycles. The van der Waals surface area contributed by atoms with Crippen LogP contribution in [0.25, 0.3) is 6.08 Å². The van der Waals surface area contributed by atoms with Crippen LogP contribution in [0.5, 0.6) is 0 Å². The van der Waals surface area contributed by atoms with Crippen molar-refractivity contribution in [2.24, 2.45) is 17.8 Å². The van der Waals surface area contributed by atoms with Gasteiger partial charge in [0, 0.05) is 19.1 Å². The average Bonchev–Trinajstić information content (AvgIpc) is 2.78. The maximum atomic E-state index is 13.2. The van der Waals surface area contributed by atoms with Crippen molar-refractivity contribution in [2.75, 3.05) is 6.61 Å². The van der Waals surface area contributed by atoms with Crippen molar-refractivity contribution in [3.8, 4) is 0 Å². The summed E-state index contributed by atoms with van der Waals surface area (Å²) in [7, 11) is 0. The summed E-state index contributed by atoms with van der Waals surface area (Å²) in [6.45, 7) is 8.63. The second-order valence-corrected chi connectivity index (χ2v) is 9.06. The molecule has 1 aliphatic rings. The number of carbonyl (C=O) groups is 2. The van der Waals surface area contributed by atoms with Crippen molar-refractivity contribution in [1.29, 1.82) is 0 Å². The minimum absolute atomic E-state index is 0.0932. The van der Waals surface area contributed by atoms with Gasteiger partial charge in [-0.25, -0.2) is 15.7 Å². The van der Waals surface area contributed by atoms with E-state index in [9.17, 15) is 9.59 Å². The van der Waals surface area contributed by atoms with Crippen LogP contribution < -0.4 is 16.3 Å². The lowest BCUT2D eigenvalue weighted by Gasteiger charge is -2.28. The largest absolute Gasteiger partial charge is 0.350 e. The van der Waals surface area contributed by atoms with Gasteiger partial charge in [0.2, 0.25) is 11.8 Å². The molecule has 0 aromatic heterocycles. The summed E-state index contributed by atoms with van der Waals surface area (Å²) in [4.78, 5) is 31.7. The molecule has 2 amide bonds. The SMILES string of the molecule is CC(C)C[C@@H](C(=O)NNC(C)C)[C@@H](C/C=C/c1ccccc1)C(=O)NOC1CCCCO1. The van der Waals surface area contributed by atoms with Crippen LogP contribution in [-0.2, 0) is 19.2 Å². The molecule has 2 rings (SSSR count). The van der Waals surface area contributed by atoms with Crippen molar-refractivity contribution in [1.82, 2.24) is 16.3 Å². The molecule has 178 valence electrons. The molecule has 1 fully saturated rings. The molecule has 0 bridgehead atoms. The summed E-state index contributed by atoms with van der Waals surface area (Å²) < 4.78 is 5.54.